The first-order valence-corrected chi connectivity index (χ1v) is 8.87. The fourth-order valence-corrected chi connectivity index (χ4v) is 3.11. The Kier molecular flexibility index (Phi) is 5.65. The summed E-state index contributed by atoms with van der Waals surface area (Å²) in [4.78, 5) is 11.2. The average molecular weight is 357 g/mol. The van der Waals surface area contributed by atoms with Gasteiger partial charge in [0.15, 0.2) is 5.11 Å². The number of anilines is 2. The lowest BCUT2D eigenvalue weighted by molar-refractivity contribution is 0.397. The van der Waals surface area contributed by atoms with Gasteiger partial charge >= 0.3 is 0 Å². The molecule has 0 amide bonds. The predicted octanol–water partition coefficient (Wildman–Crippen LogP) is 3.13. The number of nitrogens with zero attached hydrogens (tertiary/aromatic N) is 3. The van der Waals surface area contributed by atoms with Crippen molar-refractivity contribution in [3.05, 3.63) is 42.0 Å². The molecule has 1 aliphatic heterocycles. The van der Waals surface area contributed by atoms with Gasteiger partial charge in [0, 0.05) is 19.2 Å². The van der Waals surface area contributed by atoms with E-state index in [1.54, 1.807) is 7.11 Å². The number of hydrogen-bond donors (Lipinski definition) is 2. The molecule has 0 aliphatic carbocycles. The summed E-state index contributed by atoms with van der Waals surface area (Å²) in [7, 11) is 1.61. The fraction of sp³-hybridized carbons (Fsp3) is 0.389. The SMILES string of the molecule is COc1cc(N2CCCC2)nc(NC(=S)N[C@H](C)c2ccccc2)n1. The van der Waals surface area contributed by atoms with Crippen LogP contribution < -0.4 is 20.3 Å². The van der Waals surface area contributed by atoms with Crippen LogP contribution in [-0.4, -0.2) is 35.3 Å². The van der Waals surface area contributed by atoms with E-state index in [2.05, 4.69) is 44.6 Å². The Morgan fingerprint density at radius 3 is 2.60 bits per heavy atom. The van der Waals surface area contributed by atoms with Gasteiger partial charge in [0.1, 0.15) is 5.82 Å². The van der Waals surface area contributed by atoms with Gasteiger partial charge < -0.3 is 20.3 Å². The molecule has 132 valence electrons. The minimum atomic E-state index is 0.0878. The molecule has 1 aromatic carbocycles. The van der Waals surface area contributed by atoms with Gasteiger partial charge in [-0.25, -0.2) is 0 Å². The van der Waals surface area contributed by atoms with Crippen molar-refractivity contribution in [2.45, 2.75) is 25.8 Å². The van der Waals surface area contributed by atoms with E-state index < -0.39 is 0 Å². The predicted molar refractivity (Wildman–Crippen MR) is 104 cm³/mol. The smallest absolute Gasteiger partial charge is 0.234 e. The molecule has 0 saturated carbocycles. The first-order chi connectivity index (χ1) is 12.2. The number of ether oxygens (including phenoxy) is 1. The molecule has 7 heteroatoms. The van der Waals surface area contributed by atoms with E-state index in [0.29, 0.717) is 16.9 Å². The van der Waals surface area contributed by atoms with E-state index in [1.807, 2.05) is 24.3 Å². The molecule has 2 N–H and O–H groups in total. The zero-order valence-electron chi connectivity index (χ0n) is 14.5. The first-order valence-electron chi connectivity index (χ1n) is 8.46. The molecule has 1 saturated heterocycles. The van der Waals surface area contributed by atoms with E-state index in [-0.39, 0.29) is 6.04 Å². The lowest BCUT2D eigenvalue weighted by atomic mass is 10.1. The maximum Gasteiger partial charge on any atom is 0.234 e. The maximum absolute atomic E-state index is 5.41. The molecule has 0 spiro atoms. The molecular weight excluding hydrogens is 334 g/mol. The number of nitrogens with one attached hydrogen (secondary N) is 2. The molecule has 1 fully saturated rings. The van der Waals surface area contributed by atoms with Gasteiger partial charge in [-0.15, -0.1) is 0 Å². The lowest BCUT2D eigenvalue weighted by Crippen LogP contribution is -2.31. The molecule has 0 unspecified atom stereocenters. The summed E-state index contributed by atoms with van der Waals surface area (Å²) in [5.74, 6) is 1.84. The van der Waals surface area contributed by atoms with Crippen molar-refractivity contribution in [3.63, 3.8) is 0 Å². The van der Waals surface area contributed by atoms with Crippen molar-refractivity contribution in [2.24, 2.45) is 0 Å². The van der Waals surface area contributed by atoms with E-state index in [1.165, 1.54) is 12.8 Å². The molecule has 3 rings (SSSR count). The molecule has 2 heterocycles. The van der Waals surface area contributed by atoms with E-state index >= 15 is 0 Å². The number of methoxy groups -OCH3 is 1. The number of thiocarbonyl (C=S) groups is 1. The van der Waals surface area contributed by atoms with Crippen molar-refractivity contribution < 1.29 is 4.74 Å². The Morgan fingerprint density at radius 1 is 1.20 bits per heavy atom. The Labute approximate surface area is 153 Å². The van der Waals surface area contributed by atoms with Crippen molar-refractivity contribution >= 4 is 29.1 Å². The van der Waals surface area contributed by atoms with Gasteiger partial charge in [0.05, 0.1) is 13.2 Å². The van der Waals surface area contributed by atoms with Gasteiger partial charge in [-0.1, -0.05) is 30.3 Å². The Bertz CT molecular complexity index is 719. The highest BCUT2D eigenvalue weighted by atomic mass is 32.1. The van der Waals surface area contributed by atoms with E-state index in [9.17, 15) is 0 Å². The average Bonchev–Trinajstić information content (AvgIpc) is 3.16. The van der Waals surface area contributed by atoms with Crippen LogP contribution in [0.15, 0.2) is 36.4 Å². The molecule has 1 atom stereocenters. The Balaban J connectivity index is 1.68. The summed E-state index contributed by atoms with van der Waals surface area (Å²) >= 11 is 5.41. The maximum atomic E-state index is 5.41. The van der Waals surface area contributed by atoms with Gasteiger partial charge in [0.2, 0.25) is 11.8 Å². The van der Waals surface area contributed by atoms with Crippen molar-refractivity contribution in [2.75, 3.05) is 30.4 Å². The van der Waals surface area contributed by atoms with Gasteiger partial charge in [-0.05, 0) is 37.5 Å². The van der Waals surface area contributed by atoms with Gasteiger partial charge in [0.25, 0.3) is 0 Å². The zero-order valence-corrected chi connectivity index (χ0v) is 15.3. The standard InChI is InChI=1S/C18H23N5OS/c1-13(14-8-4-3-5-9-14)19-18(25)22-17-20-15(12-16(21-17)24-2)23-10-6-7-11-23/h3-5,8-9,12-13H,6-7,10-11H2,1-2H3,(H2,19,20,21,22,25)/t13-/m1/s1. The number of hydrogen-bond acceptors (Lipinski definition) is 5. The van der Waals surface area contributed by atoms with Crippen LogP contribution in [0.25, 0.3) is 0 Å². The molecule has 1 aliphatic rings. The van der Waals surface area contributed by atoms with Crippen LogP contribution in [0.1, 0.15) is 31.4 Å². The van der Waals surface area contributed by atoms with Crippen LogP contribution in [0.4, 0.5) is 11.8 Å². The molecular formula is C18H23N5OS. The van der Waals surface area contributed by atoms with Crippen molar-refractivity contribution in [3.8, 4) is 5.88 Å². The molecule has 6 nitrogen and oxygen atoms in total. The first kappa shape index (κ1) is 17.4. The number of rotatable bonds is 5. The van der Waals surface area contributed by atoms with Crippen LogP contribution in [0.3, 0.4) is 0 Å². The third-order valence-electron chi connectivity index (χ3n) is 4.20. The van der Waals surface area contributed by atoms with Crippen LogP contribution in [0, 0.1) is 0 Å². The number of aromatic nitrogens is 2. The summed E-state index contributed by atoms with van der Waals surface area (Å²) in [6.45, 7) is 4.08. The minimum Gasteiger partial charge on any atom is -0.481 e. The second kappa shape index (κ2) is 8.11. The summed E-state index contributed by atoms with van der Waals surface area (Å²) in [6, 6.07) is 12.1. The molecule has 2 aromatic rings. The monoisotopic (exact) mass is 357 g/mol. The molecule has 0 radical (unpaired) electrons. The van der Waals surface area contributed by atoms with Crippen LogP contribution >= 0.6 is 12.2 Å². The summed E-state index contributed by atoms with van der Waals surface area (Å²) in [6.07, 6.45) is 2.37. The van der Waals surface area contributed by atoms with Crippen LogP contribution in [0.5, 0.6) is 5.88 Å². The molecule has 1 aromatic heterocycles. The summed E-state index contributed by atoms with van der Waals surface area (Å²) < 4.78 is 5.31. The highest BCUT2D eigenvalue weighted by Gasteiger charge is 2.17. The summed E-state index contributed by atoms with van der Waals surface area (Å²) in [5.41, 5.74) is 1.16. The topological polar surface area (TPSA) is 62.3 Å². The Hall–Kier alpha value is -2.41. The van der Waals surface area contributed by atoms with Crippen LogP contribution in [0.2, 0.25) is 0 Å². The van der Waals surface area contributed by atoms with Gasteiger partial charge in [-0.3, -0.25) is 0 Å². The summed E-state index contributed by atoms with van der Waals surface area (Å²) in [5, 5.41) is 6.81. The number of benzene rings is 1. The van der Waals surface area contributed by atoms with Gasteiger partial charge in [-0.2, -0.15) is 9.97 Å². The quantitative estimate of drug-likeness (QED) is 0.797. The minimum absolute atomic E-state index is 0.0878. The second-order valence-electron chi connectivity index (χ2n) is 6.02. The van der Waals surface area contributed by atoms with Crippen molar-refractivity contribution in [1.82, 2.24) is 15.3 Å². The van der Waals surface area contributed by atoms with E-state index in [4.69, 9.17) is 17.0 Å². The fourth-order valence-electron chi connectivity index (χ4n) is 2.84. The third-order valence-corrected chi connectivity index (χ3v) is 4.42. The molecule has 0 bridgehead atoms. The van der Waals surface area contributed by atoms with Crippen molar-refractivity contribution in [1.29, 1.82) is 0 Å². The third kappa shape index (κ3) is 4.57. The lowest BCUT2D eigenvalue weighted by Gasteiger charge is -2.19. The molecule has 25 heavy (non-hydrogen) atoms. The Morgan fingerprint density at radius 2 is 1.92 bits per heavy atom. The van der Waals surface area contributed by atoms with Crippen LogP contribution in [-0.2, 0) is 0 Å². The normalized spacial score (nSPS) is 14.9. The van der Waals surface area contributed by atoms with E-state index in [0.717, 1.165) is 24.5 Å². The highest BCUT2D eigenvalue weighted by molar-refractivity contribution is 7.80. The second-order valence-corrected chi connectivity index (χ2v) is 6.43. The highest BCUT2D eigenvalue weighted by Crippen LogP contribution is 2.23. The zero-order chi connectivity index (χ0) is 17.6. The largest absolute Gasteiger partial charge is 0.481 e.